The van der Waals surface area contributed by atoms with Crippen molar-refractivity contribution in [1.29, 1.82) is 0 Å². The minimum atomic E-state index is -4.30. The number of halogens is 4. The molecule has 0 saturated carbocycles. The molecule has 1 aliphatic heterocycles. The summed E-state index contributed by atoms with van der Waals surface area (Å²) in [6.45, 7) is 1.52. The Morgan fingerprint density at radius 3 is 2.41 bits per heavy atom. The van der Waals surface area contributed by atoms with Gasteiger partial charge in [-0.25, -0.2) is 0 Å². The van der Waals surface area contributed by atoms with Crippen LogP contribution in [0.3, 0.4) is 0 Å². The molecule has 1 aromatic rings. The third-order valence-electron chi connectivity index (χ3n) is 3.10. The van der Waals surface area contributed by atoms with Crippen molar-refractivity contribution in [2.75, 3.05) is 13.1 Å². The number of piperidine rings is 1. The molecule has 1 N–H and O–H groups in total. The number of hydrogen-bond acceptors (Lipinski definition) is 1. The van der Waals surface area contributed by atoms with Crippen LogP contribution in [0.4, 0.5) is 13.2 Å². The normalized spacial score (nSPS) is 18.4. The Kier molecular flexibility index (Phi) is 3.64. The van der Waals surface area contributed by atoms with E-state index in [2.05, 4.69) is 5.32 Å². The molecule has 0 amide bonds. The summed E-state index contributed by atoms with van der Waals surface area (Å²) < 4.78 is 38.6. The van der Waals surface area contributed by atoms with Gasteiger partial charge in [0.25, 0.3) is 0 Å². The van der Waals surface area contributed by atoms with E-state index in [-0.39, 0.29) is 5.92 Å². The molecule has 1 aromatic carbocycles. The molecule has 94 valence electrons. The molecule has 5 heteroatoms. The van der Waals surface area contributed by atoms with Crippen molar-refractivity contribution in [3.05, 3.63) is 34.3 Å². The van der Waals surface area contributed by atoms with Gasteiger partial charge < -0.3 is 5.32 Å². The second-order valence-electron chi connectivity index (χ2n) is 4.25. The smallest absolute Gasteiger partial charge is 0.317 e. The van der Waals surface area contributed by atoms with Gasteiger partial charge in [-0.3, -0.25) is 0 Å². The Morgan fingerprint density at radius 2 is 1.82 bits per heavy atom. The molecule has 1 heterocycles. The summed E-state index contributed by atoms with van der Waals surface area (Å²) in [5, 5.41) is 3.51. The van der Waals surface area contributed by atoms with Gasteiger partial charge in [0.2, 0.25) is 0 Å². The molecule has 17 heavy (non-hydrogen) atoms. The molecular formula is C12H13ClF3N. The zero-order valence-electron chi connectivity index (χ0n) is 9.15. The van der Waals surface area contributed by atoms with E-state index >= 15 is 0 Å². The highest BCUT2D eigenvalue weighted by molar-refractivity contribution is 6.30. The highest BCUT2D eigenvalue weighted by Crippen LogP contribution is 2.39. The van der Waals surface area contributed by atoms with Gasteiger partial charge in [0.1, 0.15) is 0 Å². The molecule has 1 saturated heterocycles. The maximum atomic E-state index is 12.9. The van der Waals surface area contributed by atoms with Crippen molar-refractivity contribution in [1.82, 2.24) is 5.32 Å². The second-order valence-corrected chi connectivity index (χ2v) is 4.69. The summed E-state index contributed by atoms with van der Waals surface area (Å²) in [4.78, 5) is 0. The van der Waals surface area contributed by atoms with Gasteiger partial charge in [-0.05, 0) is 55.6 Å². The predicted molar refractivity (Wildman–Crippen MR) is 61.3 cm³/mol. The minimum absolute atomic E-state index is 0.0495. The third kappa shape index (κ3) is 2.93. The van der Waals surface area contributed by atoms with E-state index in [1.165, 1.54) is 12.1 Å². The highest BCUT2D eigenvalue weighted by Gasteiger charge is 2.35. The van der Waals surface area contributed by atoms with Crippen molar-refractivity contribution < 1.29 is 13.2 Å². The summed E-state index contributed by atoms with van der Waals surface area (Å²) in [5.74, 6) is -0.0495. The molecule has 0 spiro atoms. The topological polar surface area (TPSA) is 12.0 Å². The van der Waals surface area contributed by atoms with Crippen LogP contribution in [0.1, 0.15) is 29.9 Å². The van der Waals surface area contributed by atoms with E-state index in [0.717, 1.165) is 32.0 Å². The highest BCUT2D eigenvalue weighted by atomic mass is 35.5. The number of hydrogen-bond donors (Lipinski definition) is 1. The van der Waals surface area contributed by atoms with Gasteiger partial charge >= 0.3 is 6.18 Å². The molecule has 0 radical (unpaired) electrons. The van der Waals surface area contributed by atoms with Crippen LogP contribution in [-0.2, 0) is 6.18 Å². The molecule has 0 aliphatic carbocycles. The predicted octanol–water partition coefficient (Wildman–Crippen LogP) is 3.83. The largest absolute Gasteiger partial charge is 0.416 e. The van der Waals surface area contributed by atoms with Gasteiger partial charge in [-0.2, -0.15) is 13.2 Å². The van der Waals surface area contributed by atoms with Gasteiger partial charge in [0.05, 0.1) is 5.56 Å². The van der Waals surface area contributed by atoms with Gasteiger partial charge in [-0.15, -0.1) is 0 Å². The van der Waals surface area contributed by atoms with Crippen LogP contribution in [0.15, 0.2) is 18.2 Å². The number of alkyl halides is 3. The minimum Gasteiger partial charge on any atom is -0.317 e. The number of benzene rings is 1. The Bertz CT molecular complexity index is 397. The average molecular weight is 264 g/mol. The first kappa shape index (κ1) is 12.7. The monoisotopic (exact) mass is 263 g/mol. The van der Waals surface area contributed by atoms with E-state index in [1.807, 2.05) is 0 Å². The van der Waals surface area contributed by atoms with Gasteiger partial charge in [-0.1, -0.05) is 11.6 Å². The summed E-state index contributed by atoms with van der Waals surface area (Å²) in [5.41, 5.74) is -0.208. The lowest BCUT2D eigenvalue weighted by Gasteiger charge is -2.26. The van der Waals surface area contributed by atoms with Crippen LogP contribution in [0.2, 0.25) is 5.02 Å². The van der Waals surface area contributed by atoms with Crippen LogP contribution in [-0.4, -0.2) is 13.1 Å². The lowest BCUT2D eigenvalue weighted by Crippen LogP contribution is -2.27. The van der Waals surface area contributed by atoms with Gasteiger partial charge in [0.15, 0.2) is 0 Å². The Balaban J connectivity index is 2.39. The maximum absolute atomic E-state index is 12.9. The zero-order valence-corrected chi connectivity index (χ0v) is 9.91. The third-order valence-corrected chi connectivity index (χ3v) is 3.33. The fraction of sp³-hybridized carbons (Fsp3) is 0.500. The van der Waals surface area contributed by atoms with Crippen molar-refractivity contribution in [2.45, 2.75) is 24.9 Å². The van der Waals surface area contributed by atoms with Crippen LogP contribution in [0.25, 0.3) is 0 Å². The number of rotatable bonds is 1. The zero-order chi connectivity index (χ0) is 12.5. The number of nitrogens with one attached hydrogen (secondary N) is 1. The lowest BCUT2D eigenvalue weighted by molar-refractivity contribution is -0.138. The Labute approximate surface area is 103 Å². The summed E-state index contributed by atoms with van der Waals surface area (Å²) in [7, 11) is 0. The van der Waals surface area contributed by atoms with Crippen molar-refractivity contribution >= 4 is 11.6 Å². The molecular weight excluding hydrogens is 251 g/mol. The molecule has 2 rings (SSSR count). The Morgan fingerprint density at radius 1 is 1.18 bits per heavy atom. The summed E-state index contributed by atoms with van der Waals surface area (Å²) in [6, 6.07) is 3.84. The lowest BCUT2D eigenvalue weighted by atomic mass is 9.87. The first-order valence-corrected chi connectivity index (χ1v) is 5.93. The fourth-order valence-electron chi connectivity index (χ4n) is 2.26. The molecule has 0 bridgehead atoms. The average Bonchev–Trinajstić information content (AvgIpc) is 2.28. The Hall–Kier alpha value is -0.740. The quantitative estimate of drug-likeness (QED) is 0.812. The molecule has 1 fully saturated rings. The fourth-order valence-corrected chi connectivity index (χ4v) is 2.44. The molecule has 1 nitrogen and oxygen atoms in total. The van der Waals surface area contributed by atoms with E-state index in [1.54, 1.807) is 0 Å². The SMILES string of the molecule is FC(F)(F)c1ccc(Cl)cc1C1CCNCC1. The van der Waals surface area contributed by atoms with E-state index < -0.39 is 11.7 Å². The van der Waals surface area contributed by atoms with E-state index in [0.29, 0.717) is 10.6 Å². The van der Waals surface area contributed by atoms with Crippen LogP contribution < -0.4 is 5.32 Å². The molecule has 0 atom stereocenters. The van der Waals surface area contributed by atoms with Crippen molar-refractivity contribution in [3.8, 4) is 0 Å². The first-order valence-electron chi connectivity index (χ1n) is 5.56. The first-order chi connectivity index (χ1) is 7.98. The molecule has 0 aromatic heterocycles. The van der Waals surface area contributed by atoms with Crippen LogP contribution in [0, 0.1) is 0 Å². The maximum Gasteiger partial charge on any atom is 0.416 e. The van der Waals surface area contributed by atoms with E-state index in [4.69, 9.17) is 11.6 Å². The second kappa shape index (κ2) is 4.86. The van der Waals surface area contributed by atoms with Crippen LogP contribution in [0.5, 0.6) is 0 Å². The summed E-state index contributed by atoms with van der Waals surface area (Å²) >= 11 is 5.80. The van der Waals surface area contributed by atoms with Gasteiger partial charge in [0, 0.05) is 5.02 Å². The van der Waals surface area contributed by atoms with Crippen LogP contribution >= 0.6 is 11.6 Å². The van der Waals surface area contributed by atoms with Crippen molar-refractivity contribution in [3.63, 3.8) is 0 Å². The molecule has 0 unspecified atom stereocenters. The standard InChI is InChI=1S/C12H13ClF3N/c13-9-1-2-11(12(14,15)16)10(7-9)8-3-5-17-6-4-8/h1-2,7-8,17H,3-6H2. The molecule has 1 aliphatic rings. The van der Waals surface area contributed by atoms with Crippen molar-refractivity contribution in [2.24, 2.45) is 0 Å². The van der Waals surface area contributed by atoms with E-state index in [9.17, 15) is 13.2 Å². The summed E-state index contributed by atoms with van der Waals surface area (Å²) in [6.07, 6.45) is -2.85.